The van der Waals surface area contributed by atoms with E-state index in [1.807, 2.05) is 18.4 Å². The smallest absolute Gasteiger partial charge is 0.322 e. The van der Waals surface area contributed by atoms with Crippen LogP contribution in [0.25, 0.3) is 11.5 Å². The van der Waals surface area contributed by atoms with Crippen molar-refractivity contribution in [1.29, 1.82) is 0 Å². The summed E-state index contributed by atoms with van der Waals surface area (Å²) >= 11 is 1.61. The second-order valence-corrected chi connectivity index (χ2v) is 6.04. The molecule has 0 unspecified atom stereocenters. The maximum Gasteiger partial charge on any atom is 0.322 e. The van der Waals surface area contributed by atoms with Gasteiger partial charge in [-0.2, -0.15) is 0 Å². The Morgan fingerprint density at radius 2 is 1.85 bits per heavy atom. The van der Waals surface area contributed by atoms with E-state index < -0.39 is 0 Å². The molecular formula is C18H17N3O4S. The van der Waals surface area contributed by atoms with Crippen LogP contribution < -0.4 is 14.8 Å². The van der Waals surface area contributed by atoms with Crippen LogP contribution in [0.15, 0.2) is 51.8 Å². The summed E-state index contributed by atoms with van der Waals surface area (Å²) < 4.78 is 16.0. The van der Waals surface area contributed by atoms with Crippen LogP contribution in [0.1, 0.15) is 10.4 Å². The van der Waals surface area contributed by atoms with E-state index in [1.165, 1.54) is 7.11 Å². The van der Waals surface area contributed by atoms with Gasteiger partial charge in [-0.3, -0.25) is 10.1 Å². The van der Waals surface area contributed by atoms with Gasteiger partial charge >= 0.3 is 6.01 Å². The first-order valence-electron chi connectivity index (χ1n) is 7.66. The van der Waals surface area contributed by atoms with Gasteiger partial charge in [0.1, 0.15) is 11.5 Å². The summed E-state index contributed by atoms with van der Waals surface area (Å²) in [5.74, 6) is 1.08. The molecule has 2 aromatic carbocycles. The van der Waals surface area contributed by atoms with Gasteiger partial charge in [0.25, 0.3) is 11.8 Å². The fourth-order valence-electron chi connectivity index (χ4n) is 2.27. The number of hydrogen-bond acceptors (Lipinski definition) is 7. The van der Waals surface area contributed by atoms with E-state index in [1.54, 1.807) is 49.2 Å². The van der Waals surface area contributed by atoms with Gasteiger partial charge in [-0.25, -0.2) is 0 Å². The number of anilines is 1. The van der Waals surface area contributed by atoms with Crippen LogP contribution in [-0.2, 0) is 0 Å². The molecule has 0 aliphatic heterocycles. The lowest BCUT2D eigenvalue weighted by Gasteiger charge is -2.07. The minimum atomic E-state index is -0.324. The number of carbonyl (C=O) groups is 1. The Hall–Kier alpha value is -3.00. The summed E-state index contributed by atoms with van der Waals surface area (Å²) in [7, 11) is 3.11. The number of ether oxygens (including phenoxy) is 2. The average molecular weight is 371 g/mol. The van der Waals surface area contributed by atoms with Gasteiger partial charge in [-0.05, 0) is 42.7 Å². The van der Waals surface area contributed by atoms with Gasteiger partial charge in [0.05, 0.1) is 19.8 Å². The minimum Gasteiger partial charge on any atom is -0.497 e. The summed E-state index contributed by atoms with van der Waals surface area (Å²) in [5, 5.41) is 10.4. The Labute approximate surface area is 154 Å². The first kappa shape index (κ1) is 17.8. The average Bonchev–Trinajstić information content (AvgIpc) is 3.15. The molecule has 8 heteroatoms. The number of nitrogens with one attached hydrogen (secondary N) is 1. The van der Waals surface area contributed by atoms with Crippen molar-refractivity contribution in [3.05, 3.63) is 48.0 Å². The molecule has 3 rings (SSSR count). The molecule has 3 aromatic rings. The largest absolute Gasteiger partial charge is 0.497 e. The number of hydrogen-bond donors (Lipinski definition) is 1. The van der Waals surface area contributed by atoms with Gasteiger partial charge in [0.15, 0.2) is 0 Å². The van der Waals surface area contributed by atoms with Gasteiger partial charge in [0.2, 0.25) is 0 Å². The third-order valence-electron chi connectivity index (χ3n) is 3.64. The summed E-state index contributed by atoms with van der Waals surface area (Å²) in [5.41, 5.74) is 1.11. The monoisotopic (exact) mass is 371 g/mol. The molecule has 0 saturated carbocycles. The Morgan fingerprint density at radius 1 is 1.08 bits per heavy atom. The Morgan fingerprint density at radius 3 is 2.50 bits per heavy atom. The zero-order chi connectivity index (χ0) is 18.5. The molecule has 1 heterocycles. The highest BCUT2D eigenvalue weighted by atomic mass is 32.2. The Bertz CT molecular complexity index is 909. The molecule has 0 aliphatic carbocycles. The van der Waals surface area contributed by atoms with Gasteiger partial charge in [-0.15, -0.1) is 16.9 Å². The van der Waals surface area contributed by atoms with Crippen LogP contribution in [0.4, 0.5) is 6.01 Å². The van der Waals surface area contributed by atoms with Crippen molar-refractivity contribution in [3.8, 4) is 23.0 Å². The topological polar surface area (TPSA) is 86.5 Å². The fraction of sp³-hybridized carbons (Fsp3) is 0.167. The van der Waals surface area contributed by atoms with E-state index >= 15 is 0 Å². The number of nitrogens with zero attached hydrogens (tertiary/aromatic N) is 2. The van der Waals surface area contributed by atoms with E-state index in [-0.39, 0.29) is 17.8 Å². The van der Waals surface area contributed by atoms with Crippen molar-refractivity contribution in [3.63, 3.8) is 0 Å². The first-order chi connectivity index (χ1) is 12.6. The zero-order valence-electron chi connectivity index (χ0n) is 14.5. The molecule has 1 amide bonds. The van der Waals surface area contributed by atoms with Crippen LogP contribution in [0.2, 0.25) is 0 Å². The molecule has 0 radical (unpaired) electrons. The highest BCUT2D eigenvalue weighted by molar-refractivity contribution is 7.98. The van der Waals surface area contributed by atoms with Crippen molar-refractivity contribution in [2.24, 2.45) is 0 Å². The van der Waals surface area contributed by atoms with Crippen molar-refractivity contribution in [2.75, 3.05) is 25.8 Å². The molecule has 1 aromatic heterocycles. The number of thioether (sulfide) groups is 1. The van der Waals surface area contributed by atoms with E-state index in [0.29, 0.717) is 22.6 Å². The summed E-state index contributed by atoms with van der Waals surface area (Å²) in [6.45, 7) is 0. The maximum atomic E-state index is 12.3. The third kappa shape index (κ3) is 3.80. The van der Waals surface area contributed by atoms with E-state index in [4.69, 9.17) is 13.9 Å². The second kappa shape index (κ2) is 7.92. The van der Waals surface area contributed by atoms with E-state index in [2.05, 4.69) is 15.5 Å². The molecule has 134 valence electrons. The predicted molar refractivity (Wildman–Crippen MR) is 99.0 cm³/mol. The quantitative estimate of drug-likeness (QED) is 0.661. The highest BCUT2D eigenvalue weighted by Crippen LogP contribution is 2.33. The number of carbonyl (C=O) groups excluding carboxylic acids is 1. The zero-order valence-corrected chi connectivity index (χ0v) is 15.3. The maximum absolute atomic E-state index is 12.3. The molecule has 0 aliphatic rings. The molecule has 0 atom stereocenters. The van der Waals surface area contributed by atoms with Gasteiger partial charge in [0, 0.05) is 16.5 Å². The second-order valence-electron chi connectivity index (χ2n) is 5.16. The summed E-state index contributed by atoms with van der Waals surface area (Å²) in [6.07, 6.45) is 1.97. The fourth-order valence-corrected chi connectivity index (χ4v) is 2.68. The van der Waals surface area contributed by atoms with E-state index in [0.717, 1.165) is 4.90 Å². The number of methoxy groups -OCH3 is 2. The van der Waals surface area contributed by atoms with Crippen molar-refractivity contribution in [1.82, 2.24) is 10.2 Å². The van der Waals surface area contributed by atoms with Gasteiger partial charge < -0.3 is 13.9 Å². The highest BCUT2D eigenvalue weighted by Gasteiger charge is 2.16. The molecule has 0 spiro atoms. The molecule has 26 heavy (non-hydrogen) atoms. The normalized spacial score (nSPS) is 10.4. The van der Waals surface area contributed by atoms with Crippen molar-refractivity contribution in [2.45, 2.75) is 4.90 Å². The van der Waals surface area contributed by atoms with Crippen LogP contribution in [-0.4, -0.2) is 36.6 Å². The van der Waals surface area contributed by atoms with Crippen LogP contribution in [0.3, 0.4) is 0 Å². The predicted octanol–water partition coefficient (Wildman–Crippen LogP) is 3.73. The lowest BCUT2D eigenvalue weighted by atomic mass is 10.2. The first-order valence-corrected chi connectivity index (χ1v) is 8.88. The Kier molecular flexibility index (Phi) is 5.43. The van der Waals surface area contributed by atoms with E-state index in [9.17, 15) is 4.79 Å². The molecular weight excluding hydrogens is 354 g/mol. The third-order valence-corrected chi connectivity index (χ3v) is 4.38. The van der Waals surface area contributed by atoms with Crippen LogP contribution >= 0.6 is 11.8 Å². The minimum absolute atomic E-state index is 0.0109. The number of rotatable bonds is 6. The number of amides is 1. The lowest BCUT2D eigenvalue weighted by molar-refractivity contribution is 0.102. The standard InChI is InChI=1S/C18H17N3O4S/c1-23-12-6-9-14(15(10-12)24-2)17-20-21-18(25-17)19-16(22)11-4-7-13(26-3)8-5-11/h4-10H,1-3H3,(H,19,21,22). The Balaban J connectivity index is 1.78. The van der Waals surface area contributed by atoms with Gasteiger partial charge in [-0.1, -0.05) is 5.10 Å². The molecule has 0 fully saturated rings. The number of benzene rings is 2. The summed E-state index contributed by atoms with van der Waals surface area (Å²) in [4.78, 5) is 13.4. The number of aromatic nitrogens is 2. The lowest BCUT2D eigenvalue weighted by Crippen LogP contribution is -2.11. The van der Waals surface area contributed by atoms with Crippen LogP contribution in [0, 0.1) is 0 Å². The molecule has 7 nitrogen and oxygen atoms in total. The van der Waals surface area contributed by atoms with Crippen molar-refractivity contribution >= 4 is 23.7 Å². The molecule has 0 saturated heterocycles. The molecule has 0 bridgehead atoms. The SMILES string of the molecule is COc1ccc(-c2nnc(NC(=O)c3ccc(SC)cc3)o2)c(OC)c1. The molecule has 1 N–H and O–H groups in total. The summed E-state index contributed by atoms with van der Waals surface area (Å²) in [6, 6.07) is 12.5. The van der Waals surface area contributed by atoms with Crippen molar-refractivity contribution < 1.29 is 18.7 Å². The van der Waals surface area contributed by atoms with Crippen LogP contribution in [0.5, 0.6) is 11.5 Å².